The highest BCUT2D eigenvalue weighted by Crippen LogP contribution is 2.21. The second kappa shape index (κ2) is 8.19. The summed E-state index contributed by atoms with van der Waals surface area (Å²) in [5, 5.41) is 2.96. The number of aromatic amines is 1. The average Bonchev–Trinajstić information content (AvgIpc) is 3.42. The summed E-state index contributed by atoms with van der Waals surface area (Å²) in [7, 11) is 0. The minimum atomic E-state index is -0.158. The number of furan rings is 1. The third-order valence-corrected chi connectivity index (χ3v) is 5.45. The first-order chi connectivity index (χ1) is 13.6. The fourth-order valence-corrected chi connectivity index (χ4v) is 3.92. The zero-order valence-electron chi connectivity index (χ0n) is 16.7. The van der Waals surface area contributed by atoms with Crippen molar-refractivity contribution in [3.05, 3.63) is 52.7 Å². The Balaban J connectivity index is 1.36. The maximum Gasteiger partial charge on any atom is 0.287 e. The molecule has 0 unspecified atom stereocenters. The monoisotopic (exact) mass is 380 g/mol. The predicted molar refractivity (Wildman–Crippen MR) is 109 cm³/mol. The molecule has 0 bridgehead atoms. The molecule has 0 atom stereocenters. The molecule has 3 aromatic rings. The molecule has 28 heavy (non-hydrogen) atoms. The lowest BCUT2D eigenvalue weighted by Gasteiger charge is -2.13. The van der Waals surface area contributed by atoms with E-state index in [2.05, 4.69) is 40.1 Å². The molecule has 1 fully saturated rings. The molecular weight excluding hydrogens is 352 g/mol. The molecule has 1 aliphatic heterocycles. The first kappa shape index (κ1) is 18.7. The molecule has 1 aliphatic rings. The van der Waals surface area contributed by atoms with Gasteiger partial charge in [0, 0.05) is 31.5 Å². The van der Waals surface area contributed by atoms with Crippen molar-refractivity contribution in [2.45, 2.75) is 46.1 Å². The quantitative estimate of drug-likeness (QED) is 0.657. The number of amides is 1. The van der Waals surface area contributed by atoms with Crippen LogP contribution < -0.4 is 5.32 Å². The molecule has 4 rings (SSSR count). The van der Waals surface area contributed by atoms with Crippen molar-refractivity contribution >= 4 is 16.9 Å². The largest absolute Gasteiger partial charge is 0.456 e. The van der Waals surface area contributed by atoms with Gasteiger partial charge in [-0.05, 0) is 50.6 Å². The molecule has 0 aliphatic carbocycles. The number of rotatable bonds is 7. The number of carbonyl (C=O) groups is 1. The van der Waals surface area contributed by atoms with Crippen LogP contribution in [0.5, 0.6) is 0 Å². The van der Waals surface area contributed by atoms with Crippen LogP contribution in [-0.2, 0) is 19.4 Å². The van der Waals surface area contributed by atoms with Gasteiger partial charge in [-0.1, -0.05) is 19.1 Å². The van der Waals surface area contributed by atoms with E-state index >= 15 is 0 Å². The van der Waals surface area contributed by atoms with E-state index in [4.69, 9.17) is 4.42 Å². The summed E-state index contributed by atoms with van der Waals surface area (Å²) < 4.78 is 5.84. The number of likely N-dealkylation sites (tertiary alicyclic amines) is 1. The SMILES string of the molecule is CCc1oc(C(=O)NCCc2nc3c(C)cccc3[nH]2)cc1CN1CCCC1. The molecule has 0 radical (unpaired) electrons. The van der Waals surface area contributed by atoms with Gasteiger partial charge in [0.05, 0.1) is 11.0 Å². The van der Waals surface area contributed by atoms with Gasteiger partial charge in [0.1, 0.15) is 11.6 Å². The second-order valence-electron chi connectivity index (χ2n) is 7.56. The lowest BCUT2D eigenvalue weighted by molar-refractivity contribution is 0.0924. The molecule has 148 valence electrons. The van der Waals surface area contributed by atoms with Crippen molar-refractivity contribution < 1.29 is 9.21 Å². The van der Waals surface area contributed by atoms with Gasteiger partial charge in [0.2, 0.25) is 0 Å². The topological polar surface area (TPSA) is 74.2 Å². The maximum atomic E-state index is 12.5. The van der Waals surface area contributed by atoms with Gasteiger partial charge in [-0.3, -0.25) is 9.69 Å². The summed E-state index contributed by atoms with van der Waals surface area (Å²) in [6, 6.07) is 8.01. The Kier molecular flexibility index (Phi) is 5.48. The van der Waals surface area contributed by atoms with Crippen LogP contribution in [0.1, 0.15) is 53.0 Å². The molecule has 0 saturated carbocycles. The van der Waals surface area contributed by atoms with Crippen molar-refractivity contribution in [2.24, 2.45) is 0 Å². The molecule has 2 aromatic heterocycles. The Morgan fingerprint density at radius 3 is 2.89 bits per heavy atom. The standard InChI is InChI=1S/C22H28N4O2/c1-3-18-16(14-26-11-4-5-12-26)13-19(28-18)22(27)23-10-9-20-24-17-8-6-7-15(2)21(17)25-20/h6-8,13H,3-5,9-12,14H2,1-2H3,(H,23,27)(H,24,25). The van der Waals surface area contributed by atoms with Crippen molar-refractivity contribution in [2.75, 3.05) is 19.6 Å². The van der Waals surface area contributed by atoms with Crippen LogP contribution in [0.25, 0.3) is 11.0 Å². The number of H-pyrrole nitrogens is 1. The smallest absolute Gasteiger partial charge is 0.287 e. The van der Waals surface area contributed by atoms with Crippen molar-refractivity contribution in [3.8, 4) is 0 Å². The second-order valence-corrected chi connectivity index (χ2v) is 7.56. The zero-order valence-corrected chi connectivity index (χ0v) is 16.7. The van der Waals surface area contributed by atoms with Crippen molar-refractivity contribution in [1.29, 1.82) is 0 Å². The maximum absolute atomic E-state index is 12.5. The van der Waals surface area contributed by atoms with Crippen LogP contribution in [0.3, 0.4) is 0 Å². The van der Waals surface area contributed by atoms with E-state index in [1.165, 1.54) is 12.8 Å². The van der Waals surface area contributed by atoms with Crippen LogP contribution in [0, 0.1) is 6.92 Å². The zero-order chi connectivity index (χ0) is 19.5. The minimum Gasteiger partial charge on any atom is -0.456 e. The molecule has 1 amide bonds. The lowest BCUT2D eigenvalue weighted by atomic mass is 10.2. The number of hydrogen-bond donors (Lipinski definition) is 2. The Bertz CT molecular complexity index is 966. The van der Waals surface area contributed by atoms with Gasteiger partial charge >= 0.3 is 0 Å². The van der Waals surface area contributed by atoms with Gasteiger partial charge in [-0.2, -0.15) is 0 Å². The van der Waals surface area contributed by atoms with E-state index in [1.807, 2.05) is 18.2 Å². The molecular formula is C22H28N4O2. The molecule has 1 saturated heterocycles. The van der Waals surface area contributed by atoms with Crippen LogP contribution in [0.15, 0.2) is 28.7 Å². The number of hydrogen-bond acceptors (Lipinski definition) is 4. The number of carbonyl (C=O) groups excluding carboxylic acids is 1. The summed E-state index contributed by atoms with van der Waals surface area (Å²) in [5.74, 6) is 2.05. The number of nitrogens with zero attached hydrogens (tertiary/aromatic N) is 2. The lowest BCUT2D eigenvalue weighted by Crippen LogP contribution is -2.25. The fraction of sp³-hybridized carbons (Fsp3) is 0.455. The van der Waals surface area contributed by atoms with Crippen LogP contribution >= 0.6 is 0 Å². The highest BCUT2D eigenvalue weighted by Gasteiger charge is 2.19. The number of benzene rings is 1. The molecule has 6 nitrogen and oxygen atoms in total. The summed E-state index contributed by atoms with van der Waals surface area (Å²) in [6.07, 6.45) is 3.97. The highest BCUT2D eigenvalue weighted by atomic mass is 16.4. The minimum absolute atomic E-state index is 0.158. The average molecular weight is 380 g/mol. The van der Waals surface area contributed by atoms with Crippen LogP contribution in [0.2, 0.25) is 0 Å². The molecule has 2 N–H and O–H groups in total. The third kappa shape index (κ3) is 3.97. The predicted octanol–water partition coefficient (Wildman–Crippen LogP) is 3.60. The number of aryl methyl sites for hydroxylation is 2. The van der Waals surface area contributed by atoms with E-state index < -0.39 is 0 Å². The Morgan fingerprint density at radius 1 is 1.32 bits per heavy atom. The summed E-state index contributed by atoms with van der Waals surface area (Å²) in [6.45, 7) is 7.77. The number of nitrogens with one attached hydrogen (secondary N) is 2. The number of para-hydroxylation sites is 1. The van der Waals surface area contributed by atoms with E-state index in [0.29, 0.717) is 18.7 Å². The third-order valence-electron chi connectivity index (χ3n) is 5.45. The van der Waals surface area contributed by atoms with Crippen molar-refractivity contribution in [1.82, 2.24) is 20.2 Å². The molecule has 0 spiro atoms. The van der Waals surface area contributed by atoms with Crippen LogP contribution in [0.4, 0.5) is 0 Å². The fourth-order valence-electron chi connectivity index (χ4n) is 3.92. The Morgan fingerprint density at radius 2 is 2.14 bits per heavy atom. The number of fused-ring (bicyclic) bond motifs is 1. The molecule has 6 heteroatoms. The first-order valence-electron chi connectivity index (χ1n) is 10.2. The van der Waals surface area contributed by atoms with Gasteiger partial charge in [0.15, 0.2) is 5.76 Å². The molecule has 1 aromatic carbocycles. The van der Waals surface area contributed by atoms with Gasteiger partial charge < -0.3 is 14.7 Å². The van der Waals surface area contributed by atoms with E-state index in [9.17, 15) is 4.79 Å². The summed E-state index contributed by atoms with van der Waals surface area (Å²) in [5.41, 5.74) is 4.32. The van der Waals surface area contributed by atoms with Gasteiger partial charge in [0.25, 0.3) is 5.91 Å². The highest BCUT2D eigenvalue weighted by molar-refractivity contribution is 5.91. The normalized spacial score (nSPS) is 14.8. The molecule has 3 heterocycles. The number of imidazole rings is 1. The van der Waals surface area contributed by atoms with Crippen molar-refractivity contribution in [3.63, 3.8) is 0 Å². The first-order valence-corrected chi connectivity index (χ1v) is 10.2. The number of aromatic nitrogens is 2. The summed E-state index contributed by atoms with van der Waals surface area (Å²) >= 11 is 0. The van der Waals surface area contributed by atoms with E-state index in [-0.39, 0.29) is 5.91 Å². The Labute approximate surface area is 165 Å². The van der Waals surface area contributed by atoms with E-state index in [0.717, 1.165) is 59.8 Å². The summed E-state index contributed by atoms with van der Waals surface area (Å²) in [4.78, 5) is 22.9. The van der Waals surface area contributed by atoms with E-state index in [1.54, 1.807) is 0 Å². The van der Waals surface area contributed by atoms with Crippen LogP contribution in [-0.4, -0.2) is 40.4 Å². The Hall–Kier alpha value is -2.60. The van der Waals surface area contributed by atoms with Gasteiger partial charge in [-0.15, -0.1) is 0 Å². The van der Waals surface area contributed by atoms with Gasteiger partial charge in [-0.25, -0.2) is 4.98 Å².